The van der Waals surface area contributed by atoms with E-state index in [2.05, 4.69) is 36.6 Å². The molecule has 1 heterocycles. The van der Waals surface area contributed by atoms with Gasteiger partial charge >= 0.3 is 6.03 Å². The van der Waals surface area contributed by atoms with Gasteiger partial charge in [0.15, 0.2) is 0 Å². The molecule has 0 saturated carbocycles. The summed E-state index contributed by atoms with van der Waals surface area (Å²) in [5.41, 5.74) is 1.33. The lowest BCUT2D eigenvalue weighted by Gasteiger charge is -2.31. The van der Waals surface area contributed by atoms with Gasteiger partial charge in [0, 0.05) is 25.7 Å². The molecule has 5 heteroatoms. The van der Waals surface area contributed by atoms with E-state index in [1.54, 1.807) is 0 Å². The zero-order valence-electron chi connectivity index (χ0n) is 13.6. The third kappa shape index (κ3) is 5.22. The van der Waals surface area contributed by atoms with E-state index in [0.29, 0.717) is 19.2 Å². The molecule has 1 aliphatic heterocycles. The monoisotopic (exact) mass is 305 g/mol. The molecule has 0 radical (unpaired) electrons. The molecule has 1 aromatic rings. The van der Waals surface area contributed by atoms with E-state index in [0.717, 1.165) is 38.2 Å². The maximum Gasteiger partial charge on any atom is 0.317 e. The Hall–Kier alpha value is -1.75. The first-order chi connectivity index (χ1) is 10.7. The number of aryl methyl sites for hydroxylation is 1. The molecule has 1 aliphatic rings. The molecule has 1 saturated heterocycles. The van der Waals surface area contributed by atoms with Crippen molar-refractivity contribution < 1.29 is 9.53 Å². The van der Waals surface area contributed by atoms with Crippen LogP contribution in [0.4, 0.5) is 4.79 Å². The van der Waals surface area contributed by atoms with Crippen molar-refractivity contribution >= 4 is 6.03 Å². The van der Waals surface area contributed by atoms with Crippen molar-refractivity contribution in [3.05, 3.63) is 29.8 Å². The molecule has 0 aromatic heterocycles. The largest absolute Gasteiger partial charge is 0.492 e. The van der Waals surface area contributed by atoms with Crippen LogP contribution in [0.25, 0.3) is 0 Å². The van der Waals surface area contributed by atoms with Gasteiger partial charge in [0.05, 0.1) is 6.54 Å². The molecule has 2 rings (SSSR count). The van der Waals surface area contributed by atoms with Gasteiger partial charge in [-0.1, -0.05) is 25.5 Å². The summed E-state index contributed by atoms with van der Waals surface area (Å²) < 4.78 is 5.65. The van der Waals surface area contributed by atoms with Crippen LogP contribution in [-0.4, -0.2) is 49.8 Å². The van der Waals surface area contributed by atoms with Crippen molar-refractivity contribution in [2.75, 3.05) is 32.8 Å². The lowest BCUT2D eigenvalue weighted by Crippen LogP contribution is -2.54. The average Bonchev–Trinajstić information content (AvgIpc) is 2.53. The summed E-state index contributed by atoms with van der Waals surface area (Å²) in [6, 6.07) is 8.53. The van der Waals surface area contributed by atoms with E-state index in [1.165, 1.54) is 5.56 Å². The van der Waals surface area contributed by atoms with Gasteiger partial charge in [-0.3, -0.25) is 0 Å². The summed E-state index contributed by atoms with van der Waals surface area (Å²) in [7, 11) is 0. The minimum Gasteiger partial charge on any atom is -0.492 e. The summed E-state index contributed by atoms with van der Waals surface area (Å²) >= 11 is 0. The number of urea groups is 1. The highest BCUT2D eigenvalue weighted by atomic mass is 16.5. The summed E-state index contributed by atoms with van der Waals surface area (Å²) in [6.45, 7) is 7.64. The number of rotatable bonds is 6. The van der Waals surface area contributed by atoms with Gasteiger partial charge in [0.1, 0.15) is 12.4 Å². The zero-order valence-corrected chi connectivity index (χ0v) is 13.6. The minimum absolute atomic E-state index is 0.00440. The lowest BCUT2D eigenvalue weighted by atomic mass is 10.1. The first-order valence-electron chi connectivity index (χ1n) is 8.17. The van der Waals surface area contributed by atoms with Gasteiger partial charge in [0.2, 0.25) is 0 Å². The molecule has 1 aromatic carbocycles. The summed E-state index contributed by atoms with van der Waals surface area (Å²) in [6.07, 6.45) is 2.25. The number of nitrogens with one attached hydrogen (secondary N) is 2. The molecule has 22 heavy (non-hydrogen) atoms. The third-order valence-corrected chi connectivity index (χ3v) is 3.77. The molecule has 5 nitrogen and oxygen atoms in total. The van der Waals surface area contributed by atoms with Crippen molar-refractivity contribution in [3.63, 3.8) is 0 Å². The molecule has 2 amide bonds. The van der Waals surface area contributed by atoms with Crippen LogP contribution in [0.2, 0.25) is 0 Å². The smallest absolute Gasteiger partial charge is 0.317 e. The van der Waals surface area contributed by atoms with Gasteiger partial charge in [-0.05, 0) is 31.0 Å². The Morgan fingerprint density at radius 1 is 1.41 bits per heavy atom. The number of carbonyl (C=O) groups excluding carboxylic acids is 1. The van der Waals surface area contributed by atoms with Crippen molar-refractivity contribution in [2.24, 2.45) is 0 Å². The minimum atomic E-state index is -0.00440. The second-order valence-electron chi connectivity index (χ2n) is 5.78. The fourth-order valence-corrected chi connectivity index (χ4v) is 2.60. The van der Waals surface area contributed by atoms with Gasteiger partial charge in [-0.15, -0.1) is 0 Å². The normalized spacial score (nSPS) is 18.1. The van der Waals surface area contributed by atoms with Gasteiger partial charge < -0.3 is 20.3 Å². The van der Waals surface area contributed by atoms with Gasteiger partial charge in [-0.25, -0.2) is 4.79 Å². The number of amides is 2. The SMILES string of the molecule is CCCc1ccc(OCCNC(=O)N2CCN[C@H](C)C2)cc1. The van der Waals surface area contributed by atoms with Crippen molar-refractivity contribution in [2.45, 2.75) is 32.7 Å². The number of nitrogens with zero attached hydrogens (tertiary/aromatic N) is 1. The molecular weight excluding hydrogens is 278 g/mol. The van der Waals surface area contributed by atoms with Crippen LogP contribution in [0, 0.1) is 0 Å². The fraction of sp³-hybridized carbons (Fsp3) is 0.588. The van der Waals surface area contributed by atoms with Crippen LogP contribution in [0.3, 0.4) is 0 Å². The van der Waals surface area contributed by atoms with Gasteiger partial charge in [-0.2, -0.15) is 0 Å². The van der Waals surface area contributed by atoms with Crippen molar-refractivity contribution in [1.82, 2.24) is 15.5 Å². The predicted molar refractivity (Wildman–Crippen MR) is 88.4 cm³/mol. The molecule has 0 bridgehead atoms. The highest BCUT2D eigenvalue weighted by molar-refractivity contribution is 5.74. The highest BCUT2D eigenvalue weighted by Gasteiger charge is 2.19. The van der Waals surface area contributed by atoms with Crippen LogP contribution in [-0.2, 0) is 6.42 Å². The Morgan fingerprint density at radius 3 is 2.86 bits per heavy atom. The number of hydrogen-bond donors (Lipinski definition) is 2. The second-order valence-corrected chi connectivity index (χ2v) is 5.78. The predicted octanol–water partition coefficient (Wildman–Crippen LogP) is 2.02. The first kappa shape index (κ1) is 16.6. The first-order valence-corrected chi connectivity index (χ1v) is 8.17. The fourth-order valence-electron chi connectivity index (χ4n) is 2.60. The summed E-state index contributed by atoms with van der Waals surface area (Å²) in [5.74, 6) is 0.852. The summed E-state index contributed by atoms with van der Waals surface area (Å²) in [4.78, 5) is 13.9. The number of hydrogen-bond acceptors (Lipinski definition) is 3. The molecule has 1 fully saturated rings. The Morgan fingerprint density at radius 2 is 2.18 bits per heavy atom. The van der Waals surface area contributed by atoms with Crippen LogP contribution in [0.15, 0.2) is 24.3 Å². The van der Waals surface area contributed by atoms with Crippen LogP contribution in [0.5, 0.6) is 5.75 Å². The van der Waals surface area contributed by atoms with E-state index in [-0.39, 0.29) is 6.03 Å². The molecule has 0 unspecified atom stereocenters. The van der Waals surface area contributed by atoms with Gasteiger partial charge in [0.25, 0.3) is 0 Å². The molecular formula is C17H27N3O2. The topological polar surface area (TPSA) is 53.6 Å². The number of carbonyl (C=O) groups is 1. The maximum atomic E-state index is 12.0. The van der Waals surface area contributed by atoms with E-state index in [1.807, 2.05) is 17.0 Å². The van der Waals surface area contributed by atoms with E-state index >= 15 is 0 Å². The Labute approximate surface area is 133 Å². The van der Waals surface area contributed by atoms with Crippen LogP contribution >= 0.6 is 0 Å². The molecule has 0 aliphatic carbocycles. The quantitative estimate of drug-likeness (QED) is 0.791. The molecule has 2 N–H and O–H groups in total. The maximum absolute atomic E-state index is 12.0. The molecule has 122 valence electrons. The van der Waals surface area contributed by atoms with Crippen LogP contribution < -0.4 is 15.4 Å². The Balaban J connectivity index is 1.65. The number of ether oxygens (including phenoxy) is 1. The third-order valence-electron chi connectivity index (χ3n) is 3.77. The molecule has 1 atom stereocenters. The second kappa shape index (κ2) is 8.63. The molecule has 0 spiro atoms. The van der Waals surface area contributed by atoms with Crippen molar-refractivity contribution in [3.8, 4) is 5.75 Å². The highest BCUT2D eigenvalue weighted by Crippen LogP contribution is 2.13. The van der Waals surface area contributed by atoms with E-state index in [9.17, 15) is 4.79 Å². The number of benzene rings is 1. The van der Waals surface area contributed by atoms with Crippen LogP contribution in [0.1, 0.15) is 25.8 Å². The Bertz CT molecular complexity index is 461. The Kier molecular flexibility index (Phi) is 6.52. The van der Waals surface area contributed by atoms with Crippen molar-refractivity contribution in [1.29, 1.82) is 0 Å². The standard InChI is InChI=1S/C17H27N3O2/c1-3-4-15-5-7-16(8-6-15)22-12-10-19-17(21)20-11-9-18-14(2)13-20/h5-8,14,18H,3-4,9-13H2,1-2H3,(H,19,21)/t14-/m1/s1. The van der Waals surface area contributed by atoms with E-state index < -0.39 is 0 Å². The zero-order chi connectivity index (χ0) is 15.8. The van der Waals surface area contributed by atoms with E-state index in [4.69, 9.17) is 4.74 Å². The summed E-state index contributed by atoms with van der Waals surface area (Å²) in [5, 5.41) is 6.23. The number of piperazine rings is 1. The lowest BCUT2D eigenvalue weighted by molar-refractivity contribution is 0.177. The average molecular weight is 305 g/mol.